The molecule has 2 N–H and O–H groups in total. The fraction of sp³-hybridized carbons (Fsp3) is 0.375. The van der Waals surface area contributed by atoms with Crippen LogP contribution in [0.4, 0.5) is 10.5 Å². The van der Waals surface area contributed by atoms with Gasteiger partial charge in [0.2, 0.25) is 0 Å². The zero-order valence-corrected chi connectivity index (χ0v) is 12.5. The van der Waals surface area contributed by atoms with Crippen molar-refractivity contribution in [3.05, 3.63) is 36.1 Å². The van der Waals surface area contributed by atoms with Gasteiger partial charge in [-0.2, -0.15) is 0 Å². The minimum Gasteiger partial charge on any atom is -0.376 e. The van der Waals surface area contributed by atoms with Gasteiger partial charge in [-0.3, -0.25) is 0 Å². The number of carbonyl (C=O) groups excluding carboxylic acids is 1. The maximum atomic E-state index is 12.1. The molecule has 0 radical (unpaired) electrons. The molecule has 1 aliphatic heterocycles. The summed E-state index contributed by atoms with van der Waals surface area (Å²) in [5.41, 5.74) is 2.12. The van der Waals surface area contributed by atoms with Crippen molar-refractivity contribution in [2.75, 3.05) is 18.5 Å². The number of rotatable bonds is 4. The van der Waals surface area contributed by atoms with Crippen molar-refractivity contribution in [3.8, 4) is 11.3 Å². The molecule has 1 aliphatic rings. The average molecular weight is 301 g/mol. The third-order valence-electron chi connectivity index (χ3n) is 3.66. The van der Waals surface area contributed by atoms with Crippen LogP contribution in [0.2, 0.25) is 0 Å². The molecule has 3 rings (SSSR count). The fourth-order valence-electron chi connectivity index (χ4n) is 2.48. The quantitative estimate of drug-likeness (QED) is 0.910. The first-order valence-corrected chi connectivity index (χ1v) is 7.42. The smallest absolute Gasteiger partial charge is 0.319 e. The van der Waals surface area contributed by atoms with Crippen LogP contribution in [0.1, 0.15) is 18.6 Å². The lowest BCUT2D eigenvalue weighted by atomic mass is 10.1. The lowest BCUT2D eigenvalue weighted by Gasteiger charge is -2.11. The maximum absolute atomic E-state index is 12.1. The third-order valence-corrected chi connectivity index (χ3v) is 3.66. The van der Waals surface area contributed by atoms with Crippen molar-refractivity contribution in [3.63, 3.8) is 0 Å². The summed E-state index contributed by atoms with van der Waals surface area (Å²) in [6, 6.07) is 9.33. The number of carbonyl (C=O) groups is 1. The van der Waals surface area contributed by atoms with Crippen LogP contribution in [-0.4, -0.2) is 30.4 Å². The third kappa shape index (κ3) is 3.28. The topological polar surface area (TPSA) is 76.4 Å². The van der Waals surface area contributed by atoms with Gasteiger partial charge in [0.05, 0.1) is 6.10 Å². The molecule has 6 nitrogen and oxygen atoms in total. The molecule has 6 heteroatoms. The summed E-state index contributed by atoms with van der Waals surface area (Å²) in [7, 11) is 0. The second kappa shape index (κ2) is 6.62. The molecule has 0 saturated carbocycles. The highest BCUT2D eigenvalue weighted by Gasteiger charge is 2.19. The molecule has 1 atom stereocenters. The second-order valence-corrected chi connectivity index (χ2v) is 5.30. The number of nitrogens with zero attached hydrogens (tertiary/aromatic N) is 1. The molecule has 2 amide bonds. The largest absolute Gasteiger partial charge is 0.376 e. The highest BCUT2D eigenvalue weighted by molar-refractivity contribution is 5.94. The van der Waals surface area contributed by atoms with Gasteiger partial charge in [0.25, 0.3) is 0 Å². The molecule has 2 aromatic rings. The van der Waals surface area contributed by atoms with E-state index in [0.29, 0.717) is 23.7 Å². The van der Waals surface area contributed by atoms with E-state index in [4.69, 9.17) is 9.26 Å². The first-order valence-electron chi connectivity index (χ1n) is 7.42. The van der Waals surface area contributed by atoms with Crippen molar-refractivity contribution < 1.29 is 14.1 Å². The highest BCUT2D eigenvalue weighted by Crippen LogP contribution is 2.29. The summed E-state index contributed by atoms with van der Waals surface area (Å²) in [5, 5.41) is 9.68. The monoisotopic (exact) mass is 301 g/mol. The van der Waals surface area contributed by atoms with Crippen LogP contribution in [0.15, 0.2) is 34.9 Å². The van der Waals surface area contributed by atoms with Crippen LogP contribution in [-0.2, 0) is 4.74 Å². The van der Waals surface area contributed by atoms with Crippen LogP contribution in [0.25, 0.3) is 11.3 Å². The van der Waals surface area contributed by atoms with Gasteiger partial charge in [0, 0.05) is 18.7 Å². The molecule has 0 bridgehead atoms. The number of aromatic nitrogens is 1. The number of benzene rings is 1. The predicted molar refractivity (Wildman–Crippen MR) is 82.7 cm³/mol. The Kier molecular flexibility index (Phi) is 4.39. The normalized spacial score (nSPS) is 17.4. The number of aryl methyl sites for hydroxylation is 1. The minimum absolute atomic E-state index is 0.114. The van der Waals surface area contributed by atoms with Gasteiger partial charge >= 0.3 is 6.03 Å². The van der Waals surface area contributed by atoms with Gasteiger partial charge in [-0.1, -0.05) is 35.5 Å². The lowest BCUT2D eigenvalue weighted by molar-refractivity contribution is 0.112. The molecular weight excluding hydrogens is 282 g/mol. The van der Waals surface area contributed by atoms with E-state index in [-0.39, 0.29) is 12.1 Å². The predicted octanol–water partition coefficient (Wildman–Crippen LogP) is 2.95. The first-order chi connectivity index (χ1) is 10.7. The maximum Gasteiger partial charge on any atom is 0.319 e. The summed E-state index contributed by atoms with van der Waals surface area (Å²) in [4.78, 5) is 12.1. The van der Waals surface area contributed by atoms with Crippen LogP contribution >= 0.6 is 0 Å². The van der Waals surface area contributed by atoms with E-state index in [0.717, 1.165) is 25.0 Å². The van der Waals surface area contributed by atoms with Gasteiger partial charge in [-0.15, -0.1) is 0 Å². The van der Waals surface area contributed by atoms with E-state index in [1.807, 2.05) is 30.3 Å². The van der Waals surface area contributed by atoms with Crippen LogP contribution in [0, 0.1) is 6.92 Å². The zero-order valence-electron chi connectivity index (χ0n) is 12.5. The summed E-state index contributed by atoms with van der Waals surface area (Å²) in [6.45, 7) is 3.06. The summed E-state index contributed by atoms with van der Waals surface area (Å²) >= 11 is 0. The fourth-order valence-corrected chi connectivity index (χ4v) is 2.48. The van der Waals surface area contributed by atoms with Gasteiger partial charge in [-0.25, -0.2) is 4.79 Å². The van der Waals surface area contributed by atoms with Gasteiger partial charge in [0.1, 0.15) is 11.4 Å². The van der Waals surface area contributed by atoms with Crippen LogP contribution < -0.4 is 10.6 Å². The molecule has 0 spiro atoms. The van der Waals surface area contributed by atoms with Crippen molar-refractivity contribution in [2.24, 2.45) is 0 Å². The van der Waals surface area contributed by atoms with E-state index in [9.17, 15) is 4.79 Å². The van der Waals surface area contributed by atoms with E-state index in [2.05, 4.69) is 15.8 Å². The molecule has 22 heavy (non-hydrogen) atoms. The molecule has 0 aliphatic carbocycles. The van der Waals surface area contributed by atoms with Crippen molar-refractivity contribution in [1.82, 2.24) is 10.5 Å². The molecular formula is C16H19N3O3. The van der Waals surface area contributed by atoms with E-state index in [1.54, 1.807) is 6.92 Å². The molecule has 1 aromatic heterocycles. The highest BCUT2D eigenvalue weighted by atomic mass is 16.5. The average Bonchev–Trinajstić information content (AvgIpc) is 3.17. The van der Waals surface area contributed by atoms with Gasteiger partial charge < -0.3 is 19.9 Å². The number of hydrogen-bond acceptors (Lipinski definition) is 4. The summed E-state index contributed by atoms with van der Waals surface area (Å²) in [5.74, 6) is 0.575. The molecule has 1 aromatic carbocycles. The molecule has 116 valence electrons. The Morgan fingerprint density at radius 2 is 2.18 bits per heavy atom. The minimum atomic E-state index is -0.279. The number of anilines is 1. The Hall–Kier alpha value is -2.34. The SMILES string of the molecule is Cc1onc(-c2ccccc2)c1NC(=O)NC[C@@H]1CCCO1. The number of urea groups is 1. The van der Waals surface area contributed by atoms with Gasteiger partial charge in [0.15, 0.2) is 5.76 Å². The number of ether oxygens (including phenoxy) is 1. The Labute approximate surface area is 128 Å². The Bertz CT molecular complexity index is 633. The summed E-state index contributed by atoms with van der Waals surface area (Å²) in [6.07, 6.45) is 2.15. The molecule has 1 fully saturated rings. The van der Waals surface area contributed by atoms with Crippen molar-refractivity contribution in [2.45, 2.75) is 25.9 Å². The van der Waals surface area contributed by atoms with Crippen LogP contribution in [0.3, 0.4) is 0 Å². The molecule has 0 unspecified atom stereocenters. The standard InChI is InChI=1S/C16H19N3O3/c1-11-14(15(19-22-11)12-6-3-2-4-7-12)18-16(20)17-10-13-8-5-9-21-13/h2-4,6-7,13H,5,8-10H2,1H3,(H2,17,18,20)/t13-/m0/s1. The number of amides is 2. The summed E-state index contributed by atoms with van der Waals surface area (Å²) < 4.78 is 10.7. The number of hydrogen-bond donors (Lipinski definition) is 2. The first kappa shape index (κ1) is 14.6. The van der Waals surface area contributed by atoms with E-state index < -0.39 is 0 Å². The zero-order chi connectivity index (χ0) is 15.4. The van der Waals surface area contributed by atoms with Gasteiger partial charge in [-0.05, 0) is 19.8 Å². The number of nitrogens with one attached hydrogen (secondary N) is 2. The van der Waals surface area contributed by atoms with Crippen LogP contribution in [0.5, 0.6) is 0 Å². The van der Waals surface area contributed by atoms with Crippen molar-refractivity contribution >= 4 is 11.7 Å². The van der Waals surface area contributed by atoms with E-state index >= 15 is 0 Å². The Balaban J connectivity index is 1.67. The van der Waals surface area contributed by atoms with Crippen molar-refractivity contribution in [1.29, 1.82) is 0 Å². The Morgan fingerprint density at radius 1 is 1.36 bits per heavy atom. The molecule has 1 saturated heterocycles. The molecule has 2 heterocycles. The second-order valence-electron chi connectivity index (χ2n) is 5.30. The Morgan fingerprint density at radius 3 is 2.91 bits per heavy atom. The lowest BCUT2D eigenvalue weighted by Crippen LogP contribution is -2.35. The van der Waals surface area contributed by atoms with E-state index in [1.165, 1.54) is 0 Å².